The molecule has 2 aliphatic rings. The Morgan fingerprint density at radius 1 is 1.20 bits per heavy atom. The summed E-state index contributed by atoms with van der Waals surface area (Å²) >= 11 is 0. The van der Waals surface area contributed by atoms with Crippen LogP contribution < -0.4 is 5.32 Å². The molecule has 3 rings (SSSR count). The number of aryl methyl sites for hydroxylation is 1. The second kappa shape index (κ2) is 7.01. The topological polar surface area (TPSA) is 92.5 Å². The molecule has 0 unspecified atom stereocenters. The van der Waals surface area contributed by atoms with E-state index in [1.807, 2.05) is 0 Å². The number of nitrogens with zero attached hydrogens (tertiary/aromatic N) is 2. The Labute approximate surface area is 148 Å². The molecule has 8 heteroatoms. The monoisotopic (exact) mass is 367 g/mol. The van der Waals surface area contributed by atoms with E-state index in [0.29, 0.717) is 30.3 Å². The van der Waals surface area contributed by atoms with Crippen molar-refractivity contribution >= 4 is 15.7 Å². The van der Waals surface area contributed by atoms with Crippen LogP contribution in [0.1, 0.15) is 36.8 Å². The Morgan fingerprint density at radius 3 is 2.40 bits per heavy atom. The predicted molar refractivity (Wildman–Crippen MR) is 95.1 cm³/mol. The number of rotatable bonds is 6. The van der Waals surface area contributed by atoms with Gasteiger partial charge in [-0.2, -0.15) is 4.31 Å². The summed E-state index contributed by atoms with van der Waals surface area (Å²) < 4.78 is 27.5. The normalized spacial score (nSPS) is 19.9. The van der Waals surface area contributed by atoms with Gasteiger partial charge in [-0.15, -0.1) is 0 Å². The molecule has 0 bridgehead atoms. The number of nitro benzene ring substituents is 1. The molecule has 0 aromatic heterocycles. The molecule has 1 heterocycles. The standard InChI is InChI=1S/C17H25N3O4S/c1-12-9-16(20(21)22)10-17(13(12)2)25(23,24)19-7-5-15(6-8-19)18-11-14-3-4-14/h9-10,14-15,18H,3-8,11H2,1-2H3. The van der Waals surface area contributed by atoms with Gasteiger partial charge in [0.25, 0.3) is 5.69 Å². The SMILES string of the molecule is Cc1cc([N+](=O)[O-])cc(S(=O)(=O)N2CCC(NCC3CC3)CC2)c1C. The second-order valence-corrected chi connectivity index (χ2v) is 9.08. The lowest BCUT2D eigenvalue weighted by Crippen LogP contribution is -2.45. The highest BCUT2D eigenvalue weighted by atomic mass is 32.2. The van der Waals surface area contributed by atoms with Gasteiger partial charge >= 0.3 is 0 Å². The van der Waals surface area contributed by atoms with Crippen molar-refractivity contribution in [3.05, 3.63) is 33.4 Å². The fourth-order valence-corrected chi connectivity index (χ4v) is 5.06. The van der Waals surface area contributed by atoms with Crippen LogP contribution in [-0.2, 0) is 10.0 Å². The predicted octanol–water partition coefficient (Wildman–Crippen LogP) is 2.36. The van der Waals surface area contributed by atoms with Gasteiger partial charge in [0.1, 0.15) is 0 Å². The Kier molecular flexibility index (Phi) is 5.13. The minimum absolute atomic E-state index is 0.0589. The molecular formula is C17H25N3O4S. The molecule has 0 atom stereocenters. The summed E-state index contributed by atoms with van der Waals surface area (Å²) in [5, 5.41) is 14.6. The van der Waals surface area contributed by atoms with E-state index in [4.69, 9.17) is 0 Å². The van der Waals surface area contributed by atoms with Gasteiger partial charge in [0.15, 0.2) is 0 Å². The van der Waals surface area contributed by atoms with E-state index in [-0.39, 0.29) is 10.6 Å². The zero-order chi connectivity index (χ0) is 18.2. The van der Waals surface area contributed by atoms with E-state index in [9.17, 15) is 18.5 Å². The fraction of sp³-hybridized carbons (Fsp3) is 0.647. The van der Waals surface area contributed by atoms with Gasteiger partial charge in [-0.1, -0.05) is 0 Å². The van der Waals surface area contributed by atoms with Gasteiger partial charge in [0, 0.05) is 31.3 Å². The Morgan fingerprint density at radius 2 is 1.84 bits per heavy atom. The third-order valence-corrected chi connectivity index (χ3v) is 7.30. The summed E-state index contributed by atoms with van der Waals surface area (Å²) in [6.07, 6.45) is 4.15. The van der Waals surface area contributed by atoms with Crippen molar-refractivity contribution in [1.82, 2.24) is 9.62 Å². The number of benzene rings is 1. The van der Waals surface area contributed by atoms with Crippen LogP contribution in [0.3, 0.4) is 0 Å². The minimum atomic E-state index is -3.71. The summed E-state index contributed by atoms with van der Waals surface area (Å²) in [6.45, 7) is 5.34. The highest BCUT2D eigenvalue weighted by Gasteiger charge is 2.32. The number of nitro groups is 1. The first kappa shape index (κ1) is 18.3. The summed E-state index contributed by atoms with van der Waals surface area (Å²) in [4.78, 5) is 10.6. The van der Waals surface area contributed by atoms with Crippen LogP contribution in [0.4, 0.5) is 5.69 Å². The van der Waals surface area contributed by atoms with Crippen molar-refractivity contribution in [2.75, 3.05) is 19.6 Å². The van der Waals surface area contributed by atoms with Gasteiger partial charge in [-0.05, 0) is 63.1 Å². The third kappa shape index (κ3) is 4.02. The van der Waals surface area contributed by atoms with Crippen molar-refractivity contribution in [3.63, 3.8) is 0 Å². The van der Waals surface area contributed by atoms with Gasteiger partial charge < -0.3 is 5.32 Å². The van der Waals surface area contributed by atoms with Crippen molar-refractivity contribution in [3.8, 4) is 0 Å². The molecule has 1 aliphatic heterocycles. The molecule has 2 fully saturated rings. The maximum atomic E-state index is 13.0. The average Bonchev–Trinajstić information content (AvgIpc) is 3.39. The molecule has 0 spiro atoms. The van der Waals surface area contributed by atoms with Gasteiger partial charge in [0.05, 0.1) is 9.82 Å². The first-order valence-electron chi connectivity index (χ1n) is 8.78. The molecule has 138 valence electrons. The molecule has 1 N–H and O–H groups in total. The summed E-state index contributed by atoms with van der Waals surface area (Å²) in [7, 11) is -3.71. The molecule has 0 amide bonds. The Bertz CT molecular complexity index is 766. The van der Waals surface area contributed by atoms with E-state index >= 15 is 0 Å². The minimum Gasteiger partial charge on any atom is -0.314 e. The number of non-ortho nitro benzene ring substituents is 1. The summed E-state index contributed by atoms with van der Waals surface area (Å²) in [6, 6.07) is 2.97. The Hall–Kier alpha value is -1.51. The lowest BCUT2D eigenvalue weighted by Gasteiger charge is -2.32. The van der Waals surface area contributed by atoms with Crippen LogP contribution in [0.5, 0.6) is 0 Å². The second-order valence-electron chi connectivity index (χ2n) is 7.17. The van der Waals surface area contributed by atoms with Crippen LogP contribution in [0.25, 0.3) is 0 Å². The zero-order valence-corrected chi connectivity index (χ0v) is 15.5. The summed E-state index contributed by atoms with van der Waals surface area (Å²) in [5.74, 6) is 0.803. The molecule has 1 aromatic rings. The van der Waals surface area contributed by atoms with Crippen LogP contribution in [0.2, 0.25) is 0 Å². The van der Waals surface area contributed by atoms with E-state index in [1.54, 1.807) is 13.8 Å². The number of sulfonamides is 1. The number of piperidine rings is 1. The van der Waals surface area contributed by atoms with E-state index in [2.05, 4.69) is 5.32 Å². The van der Waals surface area contributed by atoms with Crippen molar-refractivity contribution in [2.24, 2.45) is 5.92 Å². The lowest BCUT2D eigenvalue weighted by molar-refractivity contribution is -0.385. The molecule has 0 radical (unpaired) electrons. The average molecular weight is 367 g/mol. The molecule has 1 saturated heterocycles. The maximum absolute atomic E-state index is 13.0. The summed E-state index contributed by atoms with van der Waals surface area (Å²) in [5.41, 5.74) is 1.02. The molecular weight excluding hydrogens is 342 g/mol. The number of hydrogen-bond donors (Lipinski definition) is 1. The largest absolute Gasteiger partial charge is 0.314 e. The number of nitrogens with one attached hydrogen (secondary N) is 1. The Balaban J connectivity index is 1.74. The fourth-order valence-electron chi connectivity index (χ4n) is 3.28. The van der Waals surface area contributed by atoms with Crippen LogP contribution in [-0.4, -0.2) is 43.3 Å². The van der Waals surface area contributed by atoms with Crippen molar-refractivity contribution in [2.45, 2.75) is 50.5 Å². The van der Waals surface area contributed by atoms with Gasteiger partial charge in [-0.25, -0.2) is 8.42 Å². The van der Waals surface area contributed by atoms with Gasteiger partial charge in [-0.3, -0.25) is 10.1 Å². The highest BCUT2D eigenvalue weighted by molar-refractivity contribution is 7.89. The maximum Gasteiger partial charge on any atom is 0.271 e. The van der Waals surface area contributed by atoms with E-state index in [1.165, 1.54) is 29.3 Å². The van der Waals surface area contributed by atoms with E-state index in [0.717, 1.165) is 25.3 Å². The quantitative estimate of drug-likeness (QED) is 0.615. The van der Waals surface area contributed by atoms with Gasteiger partial charge in [0.2, 0.25) is 10.0 Å². The molecule has 1 aliphatic carbocycles. The van der Waals surface area contributed by atoms with Crippen LogP contribution in [0.15, 0.2) is 17.0 Å². The first-order valence-corrected chi connectivity index (χ1v) is 10.2. The van der Waals surface area contributed by atoms with Crippen molar-refractivity contribution < 1.29 is 13.3 Å². The first-order chi connectivity index (χ1) is 11.8. The van der Waals surface area contributed by atoms with Crippen LogP contribution >= 0.6 is 0 Å². The smallest absolute Gasteiger partial charge is 0.271 e. The third-order valence-electron chi connectivity index (χ3n) is 5.28. The molecule has 7 nitrogen and oxygen atoms in total. The van der Waals surface area contributed by atoms with Crippen LogP contribution in [0, 0.1) is 29.9 Å². The molecule has 1 aromatic carbocycles. The van der Waals surface area contributed by atoms with Crippen molar-refractivity contribution in [1.29, 1.82) is 0 Å². The lowest BCUT2D eigenvalue weighted by atomic mass is 10.1. The molecule has 25 heavy (non-hydrogen) atoms. The zero-order valence-electron chi connectivity index (χ0n) is 14.7. The number of hydrogen-bond acceptors (Lipinski definition) is 5. The highest BCUT2D eigenvalue weighted by Crippen LogP contribution is 2.30. The van der Waals surface area contributed by atoms with E-state index < -0.39 is 14.9 Å². The molecule has 1 saturated carbocycles.